The van der Waals surface area contributed by atoms with Crippen LogP contribution in [0.1, 0.15) is 125 Å². The van der Waals surface area contributed by atoms with E-state index in [1.54, 1.807) is 0 Å². The Labute approximate surface area is 415 Å². The molecule has 1 nitrogen and oxygen atoms in total. The fraction of sp³-hybridized carbons (Fsp3) is 0.217. The van der Waals surface area contributed by atoms with E-state index in [-0.39, 0.29) is 21.7 Å². The van der Waals surface area contributed by atoms with Gasteiger partial charge in [0.05, 0.1) is 11.1 Å². The molecule has 4 aliphatic rings. The molecular weight excluding hydrogens is 843 g/mol. The third kappa shape index (κ3) is 5.73. The standard InChI is InChI=1S/C69H61N/c1-65(2,3)43-37-42(38-44(39-43)66(4,5)6)47-25-19-30-58-63(47)53-36-34-46(41-61(53)68(58,9)10)70(45-33-35-51-48-21-11-15-26-54(48)67(7,8)60(51)40-45)62-32-20-31-59-64(62)52-24-14-18-29-57(52)69(59)55-27-16-12-22-49(55)50-23-13-17-28-56(50)69/h11-41H,1-10H3. The van der Waals surface area contributed by atoms with Gasteiger partial charge in [0.15, 0.2) is 0 Å². The van der Waals surface area contributed by atoms with Gasteiger partial charge >= 0.3 is 0 Å². The van der Waals surface area contributed by atoms with E-state index < -0.39 is 5.41 Å². The van der Waals surface area contributed by atoms with Crippen LogP contribution in [0.4, 0.5) is 17.1 Å². The van der Waals surface area contributed by atoms with Crippen LogP contribution in [0.25, 0.3) is 55.6 Å². The van der Waals surface area contributed by atoms with E-state index in [9.17, 15) is 0 Å². The van der Waals surface area contributed by atoms with Gasteiger partial charge in [-0.15, -0.1) is 0 Å². The van der Waals surface area contributed by atoms with Gasteiger partial charge in [-0.1, -0.05) is 227 Å². The molecule has 0 amide bonds. The second-order valence-corrected chi connectivity index (χ2v) is 23.7. The summed E-state index contributed by atoms with van der Waals surface area (Å²) in [7, 11) is 0. The van der Waals surface area contributed by atoms with Crippen molar-refractivity contribution in [2.75, 3.05) is 4.90 Å². The molecule has 0 saturated carbocycles. The molecule has 0 fully saturated rings. The van der Waals surface area contributed by atoms with E-state index in [0.717, 1.165) is 0 Å². The molecule has 0 atom stereocenters. The number of benzene rings is 9. The monoisotopic (exact) mass is 903 g/mol. The molecule has 0 heterocycles. The molecule has 0 aliphatic heterocycles. The molecule has 0 aromatic heterocycles. The third-order valence-corrected chi connectivity index (χ3v) is 17.0. The van der Waals surface area contributed by atoms with Crippen molar-refractivity contribution in [1.82, 2.24) is 0 Å². The van der Waals surface area contributed by atoms with Crippen molar-refractivity contribution in [3.63, 3.8) is 0 Å². The Morgan fingerprint density at radius 3 is 1.30 bits per heavy atom. The summed E-state index contributed by atoms with van der Waals surface area (Å²) in [6, 6.07) is 72.7. The second kappa shape index (κ2) is 14.4. The summed E-state index contributed by atoms with van der Waals surface area (Å²) in [6.45, 7) is 23.7. The first-order valence-electron chi connectivity index (χ1n) is 25.4. The molecule has 70 heavy (non-hydrogen) atoms. The maximum atomic E-state index is 2.60. The van der Waals surface area contributed by atoms with Crippen molar-refractivity contribution in [3.8, 4) is 55.6 Å². The molecular formula is C69H61N. The van der Waals surface area contributed by atoms with Crippen LogP contribution < -0.4 is 4.90 Å². The number of hydrogen-bond acceptors (Lipinski definition) is 1. The van der Waals surface area contributed by atoms with Crippen LogP contribution in [-0.2, 0) is 27.1 Å². The normalized spacial score (nSPS) is 15.6. The maximum Gasteiger partial charge on any atom is 0.0726 e. The number of rotatable bonds is 4. The van der Waals surface area contributed by atoms with Gasteiger partial charge in [0.25, 0.3) is 0 Å². The van der Waals surface area contributed by atoms with Crippen LogP contribution >= 0.6 is 0 Å². The minimum absolute atomic E-state index is 0.0152. The zero-order valence-electron chi connectivity index (χ0n) is 42.3. The molecule has 0 unspecified atom stereocenters. The van der Waals surface area contributed by atoms with Crippen LogP contribution in [0.5, 0.6) is 0 Å². The Bertz CT molecular complexity index is 3610. The van der Waals surface area contributed by atoms with Gasteiger partial charge < -0.3 is 4.90 Å². The largest absolute Gasteiger partial charge is 0.310 e. The highest BCUT2D eigenvalue weighted by Crippen LogP contribution is 2.65. The lowest BCUT2D eigenvalue weighted by Gasteiger charge is -2.33. The molecule has 0 N–H and O–H groups in total. The van der Waals surface area contributed by atoms with E-state index in [1.807, 2.05) is 0 Å². The molecule has 1 spiro atoms. The Morgan fingerprint density at radius 2 is 0.714 bits per heavy atom. The molecule has 0 bridgehead atoms. The van der Waals surface area contributed by atoms with Gasteiger partial charge in [0, 0.05) is 27.8 Å². The van der Waals surface area contributed by atoms with Gasteiger partial charge in [0.1, 0.15) is 0 Å². The van der Waals surface area contributed by atoms with E-state index in [2.05, 4.69) is 262 Å². The Hall–Kier alpha value is -7.22. The van der Waals surface area contributed by atoms with Crippen LogP contribution in [-0.4, -0.2) is 0 Å². The molecule has 1 heteroatoms. The number of fused-ring (bicyclic) bond motifs is 16. The fourth-order valence-corrected chi connectivity index (χ4v) is 13.4. The van der Waals surface area contributed by atoms with Crippen molar-refractivity contribution in [2.45, 2.75) is 96.3 Å². The summed E-state index contributed by atoms with van der Waals surface area (Å²) < 4.78 is 0. The van der Waals surface area contributed by atoms with Crippen LogP contribution in [0.3, 0.4) is 0 Å². The zero-order valence-corrected chi connectivity index (χ0v) is 42.3. The van der Waals surface area contributed by atoms with Crippen LogP contribution in [0.2, 0.25) is 0 Å². The lowest BCUT2D eigenvalue weighted by molar-refractivity contribution is 0.569. The summed E-state index contributed by atoms with van der Waals surface area (Å²) in [6.07, 6.45) is 0. The van der Waals surface area contributed by atoms with Gasteiger partial charge in [-0.25, -0.2) is 0 Å². The van der Waals surface area contributed by atoms with Crippen molar-refractivity contribution in [3.05, 3.63) is 244 Å². The summed E-state index contributed by atoms with van der Waals surface area (Å²) in [5, 5.41) is 0. The number of nitrogens with zero attached hydrogens (tertiary/aromatic N) is 1. The van der Waals surface area contributed by atoms with Crippen LogP contribution in [0.15, 0.2) is 188 Å². The van der Waals surface area contributed by atoms with Gasteiger partial charge in [-0.3, -0.25) is 0 Å². The minimum atomic E-state index is -0.447. The summed E-state index contributed by atoms with van der Waals surface area (Å²) in [5.41, 5.74) is 29.6. The molecule has 342 valence electrons. The first-order valence-corrected chi connectivity index (χ1v) is 25.4. The lowest BCUT2D eigenvalue weighted by atomic mass is 9.70. The third-order valence-electron chi connectivity index (χ3n) is 17.0. The van der Waals surface area contributed by atoms with E-state index in [1.165, 1.54) is 128 Å². The molecule has 0 radical (unpaired) electrons. The SMILES string of the molecule is CC(C)(C)c1cc(-c2cccc3c2-c2ccc(N(c4ccc5c(c4)C(C)(C)c4ccccc4-5)c4cccc5c4-c4ccccc4C54c5ccccc5-c5ccccc54)cc2C3(C)C)cc(C(C)(C)C)c1. The predicted molar refractivity (Wildman–Crippen MR) is 295 cm³/mol. The minimum Gasteiger partial charge on any atom is -0.310 e. The van der Waals surface area contributed by atoms with E-state index in [0.29, 0.717) is 0 Å². The zero-order chi connectivity index (χ0) is 48.3. The quantitative estimate of drug-likeness (QED) is 0.170. The maximum absolute atomic E-state index is 2.60. The second-order valence-electron chi connectivity index (χ2n) is 23.7. The highest BCUT2D eigenvalue weighted by molar-refractivity contribution is 6.02. The van der Waals surface area contributed by atoms with Gasteiger partial charge in [-0.05, 0) is 147 Å². The van der Waals surface area contributed by atoms with Crippen molar-refractivity contribution < 1.29 is 0 Å². The topological polar surface area (TPSA) is 3.24 Å². The smallest absolute Gasteiger partial charge is 0.0726 e. The van der Waals surface area contributed by atoms with Crippen molar-refractivity contribution >= 4 is 17.1 Å². The van der Waals surface area contributed by atoms with E-state index in [4.69, 9.17) is 0 Å². The molecule has 4 aliphatic carbocycles. The van der Waals surface area contributed by atoms with E-state index >= 15 is 0 Å². The van der Waals surface area contributed by atoms with Gasteiger partial charge in [0.2, 0.25) is 0 Å². The van der Waals surface area contributed by atoms with Crippen molar-refractivity contribution in [2.24, 2.45) is 0 Å². The lowest BCUT2D eigenvalue weighted by Crippen LogP contribution is -2.26. The highest BCUT2D eigenvalue weighted by atomic mass is 15.1. The Balaban J connectivity index is 1.06. The Kier molecular flexibility index (Phi) is 8.83. The molecule has 9 aromatic carbocycles. The summed E-state index contributed by atoms with van der Waals surface area (Å²) >= 11 is 0. The predicted octanol–water partition coefficient (Wildman–Crippen LogP) is 18.4. The first-order chi connectivity index (χ1) is 33.5. The summed E-state index contributed by atoms with van der Waals surface area (Å²) in [5.74, 6) is 0. The van der Waals surface area contributed by atoms with Crippen LogP contribution in [0, 0.1) is 0 Å². The average Bonchev–Trinajstić information content (AvgIpc) is 3.99. The van der Waals surface area contributed by atoms with Crippen molar-refractivity contribution in [1.29, 1.82) is 0 Å². The highest BCUT2D eigenvalue weighted by Gasteiger charge is 2.52. The fourth-order valence-electron chi connectivity index (χ4n) is 13.4. The van der Waals surface area contributed by atoms with Gasteiger partial charge in [-0.2, -0.15) is 0 Å². The summed E-state index contributed by atoms with van der Waals surface area (Å²) in [4.78, 5) is 2.60. The molecule has 13 rings (SSSR count). The molecule has 0 saturated heterocycles. The Morgan fingerprint density at radius 1 is 0.314 bits per heavy atom. The molecule has 9 aromatic rings. The number of anilines is 3. The average molecular weight is 904 g/mol. The number of hydrogen-bond donors (Lipinski definition) is 0. The first kappa shape index (κ1) is 42.8.